The van der Waals surface area contributed by atoms with Crippen LogP contribution in [0.15, 0.2) is 36.4 Å². The van der Waals surface area contributed by atoms with Crippen molar-refractivity contribution in [2.24, 2.45) is 0 Å². The maximum absolute atomic E-state index is 11.0. The minimum absolute atomic E-state index is 0.0287. The maximum Gasteiger partial charge on any atom is 0.307 e. The molecule has 0 spiro atoms. The highest BCUT2D eigenvalue weighted by Gasteiger charge is 2.39. The van der Waals surface area contributed by atoms with Gasteiger partial charge in [0.15, 0.2) is 0 Å². The van der Waals surface area contributed by atoms with Gasteiger partial charge in [0.1, 0.15) is 5.75 Å². The van der Waals surface area contributed by atoms with Crippen LogP contribution in [0.4, 0.5) is 0 Å². The van der Waals surface area contributed by atoms with Crippen molar-refractivity contribution in [1.82, 2.24) is 0 Å². The topological polar surface area (TPSA) is 46.5 Å². The van der Waals surface area contributed by atoms with Gasteiger partial charge in [-0.3, -0.25) is 4.79 Å². The van der Waals surface area contributed by atoms with Crippen LogP contribution in [0.5, 0.6) is 5.75 Å². The number of fused-ring (bicyclic) bond motifs is 1. The summed E-state index contributed by atoms with van der Waals surface area (Å²) in [5.74, 6) is 0.0412. The zero-order chi connectivity index (χ0) is 16.5. The summed E-state index contributed by atoms with van der Waals surface area (Å²) in [7, 11) is -1.93. The molecule has 0 aliphatic heterocycles. The molecule has 2 aromatic rings. The molecule has 3 nitrogen and oxygen atoms in total. The lowest BCUT2D eigenvalue weighted by molar-refractivity contribution is -0.136. The highest BCUT2D eigenvalue weighted by Crippen LogP contribution is 2.39. The van der Waals surface area contributed by atoms with E-state index in [1.807, 2.05) is 36.4 Å². The Bertz CT molecular complexity index is 699. The monoisotopic (exact) mass is 316 g/mol. The Hall–Kier alpha value is -1.81. The SMILES string of the molecule is CC(C)(C)[Si](C)(C)Oc1ccc(CC(=O)O)c2ccccc12. The molecule has 0 aliphatic rings. The van der Waals surface area contributed by atoms with Crippen molar-refractivity contribution in [3.8, 4) is 5.75 Å². The highest BCUT2D eigenvalue weighted by atomic mass is 28.4. The average Bonchev–Trinajstić information content (AvgIpc) is 2.39. The second kappa shape index (κ2) is 5.76. The predicted octanol–water partition coefficient (Wildman–Crippen LogP) is 4.85. The fraction of sp³-hybridized carbons (Fsp3) is 0.389. The van der Waals surface area contributed by atoms with E-state index in [4.69, 9.17) is 9.53 Å². The Morgan fingerprint density at radius 2 is 1.68 bits per heavy atom. The van der Waals surface area contributed by atoms with Crippen LogP contribution in [0.1, 0.15) is 26.3 Å². The molecule has 0 radical (unpaired) electrons. The van der Waals surface area contributed by atoms with Crippen LogP contribution >= 0.6 is 0 Å². The lowest BCUT2D eigenvalue weighted by Gasteiger charge is -2.36. The number of aliphatic carboxylic acids is 1. The summed E-state index contributed by atoms with van der Waals surface area (Å²) in [6.07, 6.45) is 0.0287. The lowest BCUT2D eigenvalue weighted by atomic mass is 10.0. The molecule has 118 valence electrons. The summed E-state index contributed by atoms with van der Waals surface area (Å²) in [5.41, 5.74) is 0.825. The molecule has 1 N–H and O–H groups in total. The van der Waals surface area contributed by atoms with Gasteiger partial charge in [0.25, 0.3) is 8.32 Å². The molecule has 22 heavy (non-hydrogen) atoms. The zero-order valence-electron chi connectivity index (χ0n) is 13.9. The quantitative estimate of drug-likeness (QED) is 0.820. The molecule has 2 aromatic carbocycles. The summed E-state index contributed by atoms with van der Waals surface area (Å²) < 4.78 is 6.43. The van der Waals surface area contributed by atoms with E-state index < -0.39 is 14.3 Å². The van der Waals surface area contributed by atoms with Crippen LogP contribution in [-0.2, 0) is 11.2 Å². The first-order valence-electron chi connectivity index (χ1n) is 7.53. The third kappa shape index (κ3) is 3.33. The fourth-order valence-corrected chi connectivity index (χ4v) is 3.20. The van der Waals surface area contributed by atoms with Gasteiger partial charge in [-0.15, -0.1) is 0 Å². The molecule has 0 aliphatic carbocycles. The van der Waals surface area contributed by atoms with Gasteiger partial charge in [-0.2, -0.15) is 0 Å². The molecule has 0 heterocycles. The lowest BCUT2D eigenvalue weighted by Crippen LogP contribution is -2.43. The Kier molecular flexibility index (Phi) is 4.34. The van der Waals surface area contributed by atoms with Gasteiger partial charge >= 0.3 is 5.97 Å². The van der Waals surface area contributed by atoms with E-state index in [0.29, 0.717) is 0 Å². The number of hydrogen-bond acceptors (Lipinski definition) is 2. The number of benzene rings is 2. The van der Waals surface area contributed by atoms with E-state index >= 15 is 0 Å². The van der Waals surface area contributed by atoms with Gasteiger partial charge < -0.3 is 9.53 Å². The molecule has 2 rings (SSSR count). The van der Waals surface area contributed by atoms with Crippen molar-refractivity contribution >= 4 is 25.1 Å². The predicted molar refractivity (Wildman–Crippen MR) is 93.1 cm³/mol. The molecular weight excluding hydrogens is 292 g/mol. The molecular formula is C18H24O3Si. The number of carbonyl (C=O) groups is 1. The van der Waals surface area contributed by atoms with Gasteiger partial charge in [0.05, 0.1) is 6.42 Å². The number of hydrogen-bond donors (Lipinski definition) is 1. The molecule has 0 saturated heterocycles. The Morgan fingerprint density at radius 1 is 1.09 bits per heavy atom. The Morgan fingerprint density at radius 3 is 2.23 bits per heavy atom. The maximum atomic E-state index is 11.0. The third-order valence-electron chi connectivity index (χ3n) is 4.49. The zero-order valence-corrected chi connectivity index (χ0v) is 14.9. The van der Waals surface area contributed by atoms with Crippen molar-refractivity contribution in [1.29, 1.82) is 0 Å². The Labute approximate surface area is 133 Å². The molecule has 0 amide bonds. The molecule has 0 unspecified atom stereocenters. The van der Waals surface area contributed by atoms with Crippen molar-refractivity contribution in [3.63, 3.8) is 0 Å². The number of carboxylic acids is 1. The van der Waals surface area contributed by atoms with E-state index in [-0.39, 0.29) is 11.5 Å². The summed E-state index contributed by atoms with van der Waals surface area (Å²) >= 11 is 0. The molecule has 0 bridgehead atoms. The standard InChI is InChI=1S/C18H24O3Si/c1-18(2,3)22(4,5)21-16-11-10-13(12-17(19)20)14-8-6-7-9-15(14)16/h6-11H,12H2,1-5H3,(H,19,20). The minimum Gasteiger partial charge on any atom is -0.543 e. The van der Waals surface area contributed by atoms with Crippen molar-refractivity contribution in [2.75, 3.05) is 0 Å². The first-order chi connectivity index (χ1) is 10.1. The second-order valence-electron chi connectivity index (χ2n) is 7.20. The van der Waals surface area contributed by atoms with Gasteiger partial charge in [0.2, 0.25) is 0 Å². The third-order valence-corrected chi connectivity index (χ3v) is 8.83. The van der Waals surface area contributed by atoms with Crippen LogP contribution in [0, 0.1) is 0 Å². The summed E-state index contributed by atoms with van der Waals surface area (Å²) in [6.45, 7) is 11.1. The molecule has 0 atom stereocenters. The number of rotatable bonds is 4. The fourth-order valence-electron chi connectivity index (χ4n) is 2.17. The van der Waals surface area contributed by atoms with Crippen LogP contribution < -0.4 is 4.43 Å². The molecule has 0 fully saturated rings. The van der Waals surface area contributed by atoms with Crippen molar-refractivity contribution in [3.05, 3.63) is 42.0 Å². The summed E-state index contributed by atoms with van der Waals surface area (Å²) in [4.78, 5) is 11.0. The van der Waals surface area contributed by atoms with Gasteiger partial charge in [-0.25, -0.2) is 0 Å². The van der Waals surface area contributed by atoms with Gasteiger partial charge in [-0.05, 0) is 35.1 Å². The van der Waals surface area contributed by atoms with Gasteiger partial charge in [-0.1, -0.05) is 51.1 Å². The van der Waals surface area contributed by atoms with Crippen LogP contribution in [0.25, 0.3) is 10.8 Å². The van der Waals surface area contributed by atoms with Crippen LogP contribution in [-0.4, -0.2) is 19.4 Å². The van der Waals surface area contributed by atoms with Crippen LogP contribution in [0.2, 0.25) is 18.1 Å². The van der Waals surface area contributed by atoms with E-state index in [9.17, 15) is 4.79 Å². The summed E-state index contributed by atoms with van der Waals surface area (Å²) in [6, 6.07) is 11.7. The van der Waals surface area contributed by atoms with Crippen molar-refractivity contribution in [2.45, 2.75) is 45.3 Å². The Balaban J connectivity index is 2.51. The highest BCUT2D eigenvalue weighted by molar-refractivity contribution is 6.74. The largest absolute Gasteiger partial charge is 0.543 e. The molecule has 0 aromatic heterocycles. The van der Waals surface area contributed by atoms with E-state index in [1.54, 1.807) is 0 Å². The van der Waals surface area contributed by atoms with E-state index in [0.717, 1.165) is 22.1 Å². The van der Waals surface area contributed by atoms with Crippen molar-refractivity contribution < 1.29 is 14.3 Å². The van der Waals surface area contributed by atoms with Gasteiger partial charge in [0, 0.05) is 5.39 Å². The normalized spacial score (nSPS) is 12.4. The first kappa shape index (κ1) is 16.6. The second-order valence-corrected chi connectivity index (χ2v) is 11.9. The molecule has 0 saturated carbocycles. The van der Waals surface area contributed by atoms with E-state index in [2.05, 4.69) is 33.9 Å². The summed E-state index contributed by atoms with van der Waals surface area (Å²) in [5, 5.41) is 11.1. The average molecular weight is 316 g/mol. The van der Waals surface area contributed by atoms with E-state index in [1.165, 1.54) is 0 Å². The smallest absolute Gasteiger partial charge is 0.307 e. The van der Waals surface area contributed by atoms with Crippen LogP contribution in [0.3, 0.4) is 0 Å². The first-order valence-corrected chi connectivity index (χ1v) is 10.4. The number of carboxylic acid groups (broad SMARTS) is 1. The molecule has 4 heteroatoms. The minimum atomic E-state index is -1.93.